The first-order chi connectivity index (χ1) is 13.7. The average Bonchev–Trinajstić information content (AvgIpc) is 3.55. The maximum absolute atomic E-state index is 9.03. The first-order valence-electron chi connectivity index (χ1n) is 9.90. The molecule has 0 spiro atoms. The number of rotatable bonds is 7. The largest absolute Gasteiger partial charge is 0.315 e. The van der Waals surface area contributed by atoms with Crippen molar-refractivity contribution >= 4 is 17.2 Å². The van der Waals surface area contributed by atoms with Crippen LogP contribution in [0.5, 0.6) is 0 Å². The van der Waals surface area contributed by atoms with Crippen LogP contribution in [-0.4, -0.2) is 24.0 Å². The van der Waals surface area contributed by atoms with Gasteiger partial charge in [0.05, 0.1) is 6.04 Å². The van der Waals surface area contributed by atoms with Crippen LogP contribution in [0.15, 0.2) is 59.9 Å². The maximum atomic E-state index is 9.03. The molecule has 1 fully saturated rings. The van der Waals surface area contributed by atoms with Crippen LogP contribution in [-0.2, 0) is 0 Å². The van der Waals surface area contributed by atoms with Gasteiger partial charge in [0.15, 0.2) is 6.19 Å². The van der Waals surface area contributed by atoms with Crippen molar-refractivity contribution in [3.05, 3.63) is 66.0 Å². The molecule has 5 nitrogen and oxygen atoms in total. The van der Waals surface area contributed by atoms with E-state index >= 15 is 0 Å². The third kappa shape index (κ3) is 5.20. The molecule has 1 saturated carbocycles. The number of unbranched alkanes of at least 4 members (excludes halogenated alkanes) is 2. The van der Waals surface area contributed by atoms with Crippen LogP contribution < -0.4 is 10.2 Å². The Balaban J connectivity index is 1.84. The van der Waals surface area contributed by atoms with Crippen molar-refractivity contribution in [1.82, 2.24) is 10.3 Å². The molecule has 0 amide bonds. The Hall–Kier alpha value is -3.13. The van der Waals surface area contributed by atoms with E-state index in [1.54, 1.807) is 6.20 Å². The van der Waals surface area contributed by atoms with E-state index in [-0.39, 0.29) is 0 Å². The van der Waals surface area contributed by atoms with E-state index in [0.717, 1.165) is 36.1 Å². The lowest BCUT2D eigenvalue weighted by Gasteiger charge is -2.20. The van der Waals surface area contributed by atoms with E-state index in [0.29, 0.717) is 12.0 Å². The number of hydrogen-bond donors (Lipinski definition) is 1. The summed E-state index contributed by atoms with van der Waals surface area (Å²) in [6, 6.07) is 12.8. The van der Waals surface area contributed by atoms with Crippen molar-refractivity contribution in [3.63, 3.8) is 0 Å². The molecule has 0 saturated heterocycles. The molecule has 3 rings (SSSR count). The van der Waals surface area contributed by atoms with Gasteiger partial charge in [0.1, 0.15) is 0 Å². The molecule has 0 bridgehead atoms. The van der Waals surface area contributed by atoms with Crippen LogP contribution in [0.3, 0.4) is 0 Å². The standard InChI is InChI=1S/C23H27N5/c1-3-4-5-8-22(19-7-6-15-25-16-19)18-9-13-21(14-10-18)28(2)23(26-17-24)27-20-11-12-20/h6-10,13-16,20H,3-5,11-12H2,1-2H3,(H,26,27)/b22-8-. The second-order valence-electron chi connectivity index (χ2n) is 7.03. The minimum atomic E-state index is 0.344. The molecule has 0 unspecified atom stereocenters. The smallest absolute Gasteiger partial charge is 0.211 e. The minimum Gasteiger partial charge on any atom is -0.315 e. The van der Waals surface area contributed by atoms with Gasteiger partial charge in [-0.2, -0.15) is 5.26 Å². The number of pyridine rings is 1. The van der Waals surface area contributed by atoms with Crippen molar-refractivity contribution in [2.24, 2.45) is 4.99 Å². The van der Waals surface area contributed by atoms with Crippen LogP contribution in [0.2, 0.25) is 0 Å². The molecule has 1 heterocycles. The average molecular weight is 374 g/mol. The van der Waals surface area contributed by atoms with Gasteiger partial charge in [-0.3, -0.25) is 10.3 Å². The second-order valence-corrected chi connectivity index (χ2v) is 7.03. The van der Waals surface area contributed by atoms with Crippen LogP contribution in [0.25, 0.3) is 5.57 Å². The zero-order valence-corrected chi connectivity index (χ0v) is 16.6. The number of allylic oxidation sites excluding steroid dienone is 1. The molecule has 0 aliphatic heterocycles. The molecule has 144 valence electrons. The molecule has 1 aliphatic carbocycles. The molecule has 1 N–H and O–H groups in total. The zero-order chi connectivity index (χ0) is 19.8. The number of hydrogen-bond acceptors (Lipinski definition) is 3. The summed E-state index contributed by atoms with van der Waals surface area (Å²) >= 11 is 0. The summed E-state index contributed by atoms with van der Waals surface area (Å²) in [6.45, 7) is 2.21. The Morgan fingerprint density at radius 1 is 1.29 bits per heavy atom. The quantitative estimate of drug-likeness (QED) is 0.251. The van der Waals surface area contributed by atoms with Gasteiger partial charge in [0, 0.05) is 30.7 Å². The maximum Gasteiger partial charge on any atom is 0.211 e. The Morgan fingerprint density at radius 3 is 2.68 bits per heavy atom. The zero-order valence-electron chi connectivity index (χ0n) is 16.6. The van der Waals surface area contributed by atoms with Crippen LogP contribution in [0.4, 0.5) is 5.69 Å². The molecule has 5 heteroatoms. The Kier molecular flexibility index (Phi) is 6.80. The van der Waals surface area contributed by atoms with Crippen LogP contribution in [0.1, 0.15) is 50.2 Å². The van der Waals surface area contributed by atoms with E-state index in [4.69, 9.17) is 5.26 Å². The van der Waals surface area contributed by atoms with E-state index in [2.05, 4.69) is 58.6 Å². The highest BCUT2D eigenvalue weighted by atomic mass is 15.3. The number of benzene rings is 1. The van der Waals surface area contributed by atoms with Crippen LogP contribution >= 0.6 is 0 Å². The highest BCUT2D eigenvalue weighted by Gasteiger charge is 2.22. The highest BCUT2D eigenvalue weighted by Crippen LogP contribution is 2.27. The highest BCUT2D eigenvalue weighted by molar-refractivity contribution is 5.97. The van der Waals surface area contributed by atoms with E-state index < -0.39 is 0 Å². The Bertz CT molecular complexity index is 858. The van der Waals surface area contributed by atoms with Crippen molar-refractivity contribution in [3.8, 4) is 6.19 Å². The van der Waals surface area contributed by atoms with Gasteiger partial charge in [-0.1, -0.05) is 44.0 Å². The lowest BCUT2D eigenvalue weighted by Crippen LogP contribution is -2.36. The summed E-state index contributed by atoms with van der Waals surface area (Å²) in [6.07, 6.45) is 13.6. The predicted octanol–water partition coefficient (Wildman–Crippen LogP) is 4.73. The number of guanidine groups is 1. The monoisotopic (exact) mass is 373 g/mol. The van der Waals surface area contributed by atoms with Gasteiger partial charge in [-0.25, -0.2) is 4.99 Å². The van der Waals surface area contributed by atoms with E-state index in [1.807, 2.05) is 30.4 Å². The molecule has 2 aromatic rings. The van der Waals surface area contributed by atoms with E-state index in [9.17, 15) is 0 Å². The fraction of sp³-hybridized carbons (Fsp3) is 0.348. The minimum absolute atomic E-state index is 0.344. The topological polar surface area (TPSA) is 64.3 Å². The van der Waals surface area contributed by atoms with Gasteiger partial charge in [-0.15, -0.1) is 0 Å². The molecule has 1 aromatic heterocycles. The summed E-state index contributed by atoms with van der Waals surface area (Å²) in [5, 5.41) is 11.7. The van der Waals surface area contributed by atoms with Crippen LogP contribution in [0, 0.1) is 11.5 Å². The second kappa shape index (κ2) is 9.70. The molecular formula is C23H27N5. The number of nitriles is 1. The summed E-state index contributed by atoms with van der Waals surface area (Å²) in [5.41, 5.74) is 4.49. The van der Waals surface area contributed by atoms with Crippen molar-refractivity contribution < 1.29 is 0 Å². The van der Waals surface area contributed by atoms with Crippen molar-refractivity contribution in [2.45, 2.75) is 45.1 Å². The summed E-state index contributed by atoms with van der Waals surface area (Å²) in [4.78, 5) is 10.8. The number of aromatic nitrogens is 1. The first kappa shape index (κ1) is 19.6. The third-order valence-electron chi connectivity index (χ3n) is 4.78. The summed E-state index contributed by atoms with van der Waals surface area (Å²) in [5.74, 6) is 0.601. The lowest BCUT2D eigenvalue weighted by atomic mass is 9.97. The summed E-state index contributed by atoms with van der Waals surface area (Å²) in [7, 11) is 1.93. The van der Waals surface area contributed by atoms with Gasteiger partial charge >= 0.3 is 0 Å². The molecule has 1 aromatic carbocycles. The number of anilines is 1. The molecule has 0 radical (unpaired) electrons. The summed E-state index contributed by atoms with van der Waals surface area (Å²) < 4.78 is 0. The first-order valence-corrected chi connectivity index (χ1v) is 9.90. The Morgan fingerprint density at radius 2 is 2.07 bits per heavy atom. The Labute approximate surface area is 167 Å². The van der Waals surface area contributed by atoms with Gasteiger partial charge in [-0.05, 0) is 48.6 Å². The van der Waals surface area contributed by atoms with Gasteiger partial charge in [0.2, 0.25) is 5.96 Å². The molecular weight excluding hydrogens is 346 g/mol. The predicted molar refractivity (Wildman–Crippen MR) is 115 cm³/mol. The number of nitrogens with zero attached hydrogens (tertiary/aromatic N) is 4. The fourth-order valence-electron chi connectivity index (χ4n) is 2.99. The third-order valence-corrected chi connectivity index (χ3v) is 4.78. The van der Waals surface area contributed by atoms with Gasteiger partial charge < -0.3 is 4.90 Å². The molecule has 28 heavy (non-hydrogen) atoms. The lowest BCUT2D eigenvalue weighted by molar-refractivity contribution is 0.815. The van der Waals surface area contributed by atoms with Crippen molar-refractivity contribution in [1.29, 1.82) is 5.26 Å². The van der Waals surface area contributed by atoms with Crippen molar-refractivity contribution in [2.75, 3.05) is 11.9 Å². The molecule has 0 atom stereocenters. The fourth-order valence-corrected chi connectivity index (χ4v) is 2.99. The molecule has 1 aliphatic rings. The SMILES string of the molecule is CCCC/C=C(/c1ccc(N(C)C(=NC2CC2)NC#N)cc1)c1cccnc1. The number of nitrogens with one attached hydrogen (secondary N) is 1. The number of aliphatic imine (C=N–C) groups is 1. The van der Waals surface area contributed by atoms with Gasteiger partial charge in [0.25, 0.3) is 0 Å². The van der Waals surface area contributed by atoms with E-state index in [1.165, 1.54) is 18.4 Å². The normalized spacial score (nSPS) is 14.5.